The van der Waals surface area contributed by atoms with Gasteiger partial charge in [0.2, 0.25) is 0 Å². The zero-order valence-corrected chi connectivity index (χ0v) is 6.83. The van der Waals surface area contributed by atoms with E-state index in [2.05, 4.69) is 6.07 Å². The van der Waals surface area contributed by atoms with Crippen LogP contribution in [0.25, 0.3) is 0 Å². The molecule has 1 atom stereocenters. The largest absolute Gasteiger partial charge is 0.388 e. The normalized spacial score (nSPS) is 19.2. The summed E-state index contributed by atoms with van der Waals surface area (Å²) in [7, 11) is 0. The Morgan fingerprint density at radius 1 is 1.58 bits per heavy atom. The van der Waals surface area contributed by atoms with Crippen molar-refractivity contribution in [1.29, 1.82) is 5.26 Å². The van der Waals surface area contributed by atoms with Gasteiger partial charge in [-0.1, -0.05) is 6.07 Å². The lowest BCUT2D eigenvalue weighted by atomic mass is 9.83. The lowest BCUT2D eigenvalue weighted by molar-refractivity contribution is 0.153. The maximum Gasteiger partial charge on any atom is 0.0994 e. The first-order valence-electron chi connectivity index (χ1n) is 3.94. The van der Waals surface area contributed by atoms with Crippen LogP contribution in [0.1, 0.15) is 28.4 Å². The number of hydrogen-bond acceptors (Lipinski definition) is 2. The predicted octanol–water partition coefficient (Wildman–Crippen LogP) is 1.46. The average Bonchev–Trinajstić information content (AvgIpc) is 2.06. The molecule has 0 radical (unpaired) electrons. The first kappa shape index (κ1) is 7.33. The van der Waals surface area contributed by atoms with E-state index in [9.17, 15) is 5.11 Å². The molecule has 0 saturated carbocycles. The zero-order chi connectivity index (χ0) is 8.72. The molecule has 1 aromatic carbocycles. The average molecular weight is 159 g/mol. The number of aliphatic hydroxyl groups excluding tert-OH is 1. The molecule has 2 nitrogen and oxygen atoms in total. The number of benzene rings is 1. The van der Waals surface area contributed by atoms with E-state index in [1.165, 1.54) is 0 Å². The fraction of sp³-hybridized carbons (Fsp3) is 0.300. The van der Waals surface area contributed by atoms with Crippen LogP contribution in [-0.2, 0) is 6.42 Å². The molecule has 1 unspecified atom stereocenters. The molecular formula is C10H9NO. The quantitative estimate of drug-likeness (QED) is 0.622. The fourth-order valence-electron chi connectivity index (χ4n) is 1.57. The molecule has 1 aliphatic carbocycles. The molecule has 1 aliphatic rings. The van der Waals surface area contributed by atoms with Gasteiger partial charge in [-0.2, -0.15) is 5.26 Å². The summed E-state index contributed by atoms with van der Waals surface area (Å²) in [6.07, 6.45) is 0.399. The van der Waals surface area contributed by atoms with Crippen molar-refractivity contribution in [2.75, 3.05) is 0 Å². The Bertz CT molecular complexity index is 375. The van der Waals surface area contributed by atoms with Crippen molar-refractivity contribution in [3.8, 4) is 6.07 Å². The molecule has 1 aromatic rings. The smallest absolute Gasteiger partial charge is 0.0994 e. The van der Waals surface area contributed by atoms with E-state index < -0.39 is 0 Å². The van der Waals surface area contributed by atoms with Crippen LogP contribution in [0.2, 0.25) is 0 Å². The first-order chi connectivity index (χ1) is 5.72. The number of aryl methyl sites for hydroxylation is 1. The van der Waals surface area contributed by atoms with Crippen molar-refractivity contribution in [3.05, 3.63) is 34.4 Å². The highest BCUT2D eigenvalue weighted by Crippen LogP contribution is 2.34. The molecule has 0 spiro atoms. The molecule has 0 fully saturated rings. The molecule has 0 bridgehead atoms. The van der Waals surface area contributed by atoms with Gasteiger partial charge in [0.25, 0.3) is 0 Å². The minimum Gasteiger partial charge on any atom is -0.388 e. The zero-order valence-electron chi connectivity index (χ0n) is 6.83. The van der Waals surface area contributed by atoms with Crippen molar-refractivity contribution < 1.29 is 5.11 Å². The number of nitrogens with zero attached hydrogens (tertiary/aromatic N) is 1. The highest BCUT2D eigenvalue weighted by Gasteiger charge is 2.24. The highest BCUT2D eigenvalue weighted by molar-refractivity contribution is 5.49. The van der Waals surface area contributed by atoms with Crippen molar-refractivity contribution in [1.82, 2.24) is 0 Å². The third-order valence-electron chi connectivity index (χ3n) is 2.38. The van der Waals surface area contributed by atoms with Crippen molar-refractivity contribution in [3.63, 3.8) is 0 Å². The maximum atomic E-state index is 9.31. The van der Waals surface area contributed by atoms with Crippen molar-refractivity contribution >= 4 is 0 Å². The molecule has 0 aliphatic heterocycles. The van der Waals surface area contributed by atoms with Crippen LogP contribution in [0.3, 0.4) is 0 Å². The van der Waals surface area contributed by atoms with Gasteiger partial charge in [-0.15, -0.1) is 0 Å². The van der Waals surface area contributed by atoms with E-state index in [-0.39, 0.29) is 6.10 Å². The minimum atomic E-state index is -0.300. The monoisotopic (exact) mass is 159 g/mol. The third kappa shape index (κ3) is 0.838. The molecular weight excluding hydrogens is 150 g/mol. The Morgan fingerprint density at radius 2 is 2.33 bits per heavy atom. The van der Waals surface area contributed by atoms with Gasteiger partial charge >= 0.3 is 0 Å². The Kier molecular flexibility index (Phi) is 1.42. The lowest BCUT2D eigenvalue weighted by Gasteiger charge is -2.26. The van der Waals surface area contributed by atoms with Gasteiger partial charge in [0, 0.05) is 6.42 Å². The standard InChI is InChI=1S/C10H9NO/c1-6-2-9-7(4-10(9)12)3-8(6)5-11/h2-3,10,12H,4H2,1H3. The molecule has 0 aromatic heterocycles. The summed E-state index contributed by atoms with van der Waals surface area (Å²) in [5.74, 6) is 0. The fourth-order valence-corrected chi connectivity index (χ4v) is 1.57. The van der Waals surface area contributed by atoms with Crippen LogP contribution in [0.4, 0.5) is 0 Å². The van der Waals surface area contributed by atoms with Gasteiger partial charge in [0.05, 0.1) is 17.7 Å². The van der Waals surface area contributed by atoms with Gasteiger partial charge in [-0.3, -0.25) is 0 Å². The SMILES string of the molecule is Cc1cc2c(cc1C#N)CC2O. The van der Waals surface area contributed by atoms with Crippen LogP contribution >= 0.6 is 0 Å². The van der Waals surface area contributed by atoms with Crippen molar-refractivity contribution in [2.45, 2.75) is 19.4 Å². The van der Waals surface area contributed by atoms with E-state index in [0.717, 1.165) is 22.3 Å². The second-order valence-corrected chi connectivity index (χ2v) is 3.20. The second kappa shape index (κ2) is 2.33. The maximum absolute atomic E-state index is 9.31. The topological polar surface area (TPSA) is 44.0 Å². The Morgan fingerprint density at radius 3 is 2.92 bits per heavy atom. The van der Waals surface area contributed by atoms with Crippen LogP contribution in [0.15, 0.2) is 12.1 Å². The van der Waals surface area contributed by atoms with Crippen LogP contribution in [0.5, 0.6) is 0 Å². The summed E-state index contributed by atoms with van der Waals surface area (Å²) >= 11 is 0. The van der Waals surface area contributed by atoms with Gasteiger partial charge < -0.3 is 5.11 Å². The highest BCUT2D eigenvalue weighted by atomic mass is 16.3. The summed E-state index contributed by atoms with van der Waals surface area (Å²) < 4.78 is 0. The molecule has 60 valence electrons. The number of aliphatic hydroxyl groups is 1. The molecule has 12 heavy (non-hydrogen) atoms. The minimum absolute atomic E-state index is 0.300. The molecule has 1 N–H and O–H groups in total. The summed E-state index contributed by atoms with van der Waals surface area (Å²) in [5, 5.41) is 18.0. The van der Waals surface area contributed by atoms with Crippen molar-refractivity contribution in [2.24, 2.45) is 0 Å². The van der Waals surface area contributed by atoms with Gasteiger partial charge in [-0.05, 0) is 29.7 Å². The van der Waals surface area contributed by atoms with E-state index in [4.69, 9.17) is 5.26 Å². The molecule has 0 amide bonds. The van der Waals surface area contributed by atoms with E-state index >= 15 is 0 Å². The Labute approximate surface area is 71.1 Å². The molecule has 2 heteroatoms. The second-order valence-electron chi connectivity index (χ2n) is 3.20. The number of nitriles is 1. The summed E-state index contributed by atoms with van der Waals surface area (Å²) in [4.78, 5) is 0. The summed E-state index contributed by atoms with van der Waals surface area (Å²) in [6, 6.07) is 5.91. The van der Waals surface area contributed by atoms with E-state index in [1.54, 1.807) is 0 Å². The van der Waals surface area contributed by atoms with Gasteiger partial charge in [-0.25, -0.2) is 0 Å². The van der Waals surface area contributed by atoms with Crippen LogP contribution < -0.4 is 0 Å². The van der Waals surface area contributed by atoms with Gasteiger partial charge in [0.15, 0.2) is 0 Å². The number of rotatable bonds is 0. The molecule has 2 rings (SSSR count). The summed E-state index contributed by atoms with van der Waals surface area (Å²) in [5.41, 5.74) is 3.78. The predicted molar refractivity (Wildman–Crippen MR) is 44.6 cm³/mol. The van der Waals surface area contributed by atoms with Crippen LogP contribution in [0, 0.1) is 18.3 Å². The number of hydrogen-bond donors (Lipinski definition) is 1. The number of fused-ring (bicyclic) bond motifs is 1. The van der Waals surface area contributed by atoms with Crippen LogP contribution in [-0.4, -0.2) is 5.11 Å². The molecule has 0 saturated heterocycles. The Hall–Kier alpha value is -1.33. The Balaban J connectivity index is 2.56. The summed E-state index contributed by atoms with van der Waals surface area (Å²) in [6.45, 7) is 1.89. The third-order valence-corrected chi connectivity index (χ3v) is 2.38. The molecule has 0 heterocycles. The first-order valence-corrected chi connectivity index (χ1v) is 3.94. The van der Waals surface area contributed by atoms with E-state index in [0.29, 0.717) is 6.42 Å². The van der Waals surface area contributed by atoms with Gasteiger partial charge in [0.1, 0.15) is 0 Å². The lowest BCUT2D eigenvalue weighted by Crippen LogP contribution is -2.16. The van der Waals surface area contributed by atoms with E-state index in [1.807, 2.05) is 19.1 Å².